The Bertz CT molecular complexity index is 111. The molecule has 3 nitrogen and oxygen atoms in total. The molecule has 0 atom stereocenters. The van der Waals surface area contributed by atoms with Crippen LogP contribution in [-0.2, 0) is 9.53 Å². The number of hydrogen-bond acceptors (Lipinski definition) is 2. The first-order chi connectivity index (χ1) is 5.39. The number of carbonyl (C=O) groups excluding carboxylic acids is 1. The minimum atomic E-state index is 0.225. The third kappa shape index (κ3) is 5.85. The zero-order chi connectivity index (χ0) is 7.94. The van der Waals surface area contributed by atoms with Crippen LogP contribution in [0.15, 0.2) is 0 Å². The van der Waals surface area contributed by atoms with E-state index in [4.69, 9.17) is 0 Å². The summed E-state index contributed by atoms with van der Waals surface area (Å²) >= 11 is 0. The fourth-order valence-corrected chi connectivity index (χ4v) is 0.904. The van der Waals surface area contributed by atoms with Crippen molar-refractivity contribution in [1.82, 2.24) is 5.32 Å². The van der Waals surface area contributed by atoms with E-state index in [0.717, 1.165) is 39.0 Å². The van der Waals surface area contributed by atoms with Crippen LogP contribution in [0.4, 0.5) is 0 Å². The average molecular weight is 157 g/mol. The highest BCUT2D eigenvalue weighted by Gasteiger charge is 2.03. The summed E-state index contributed by atoms with van der Waals surface area (Å²) in [6.07, 6.45) is 4.18. The maximum absolute atomic E-state index is 10.6. The van der Waals surface area contributed by atoms with E-state index in [0.29, 0.717) is 0 Å². The zero-order valence-corrected chi connectivity index (χ0v) is 6.77. The van der Waals surface area contributed by atoms with Crippen molar-refractivity contribution >= 4 is 5.91 Å². The number of nitrogens with one attached hydrogen (secondary N) is 1. The molecule has 2 aliphatic rings. The van der Waals surface area contributed by atoms with Gasteiger partial charge in [-0.05, 0) is 12.8 Å². The summed E-state index contributed by atoms with van der Waals surface area (Å²) in [6, 6.07) is 0. The first kappa shape index (κ1) is 8.53. The summed E-state index contributed by atoms with van der Waals surface area (Å²) in [6.45, 7) is 2.89. The number of ether oxygens (including phenoxy) is 1. The fourth-order valence-electron chi connectivity index (χ4n) is 0.904. The van der Waals surface area contributed by atoms with Gasteiger partial charge in [-0.25, -0.2) is 0 Å². The summed E-state index contributed by atoms with van der Waals surface area (Å²) in [4.78, 5) is 10.6. The topological polar surface area (TPSA) is 41.6 Å². The van der Waals surface area contributed by atoms with Gasteiger partial charge in [-0.3, -0.25) is 4.79 Å². The SMILES string of the molecule is C1CO1.O=C1CCCCCN1. The van der Waals surface area contributed by atoms with Crippen molar-refractivity contribution in [2.45, 2.75) is 25.7 Å². The Morgan fingerprint density at radius 1 is 1.18 bits per heavy atom. The molecule has 1 amide bonds. The van der Waals surface area contributed by atoms with Crippen molar-refractivity contribution in [3.8, 4) is 0 Å². The molecule has 2 saturated heterocycles. The Kier molecular flexibility index (Phi) is 3.98. The van der Waals surface area contributed by atoms with Crippen molar-refractivity contribution in [3.05, 3.63) is 0 Å². The van der Waals surface area contributed by atoms with Crippen molar-refractivity contribution < 1.29 is 9.53 Å². The fraction of sp³-hybridized carbons (Fsp3) is 0.875. The minimum Gasteiger partial charge on any atom is -0.377 e. The van der Waals surface area contributed by atoms with Gasteiger partial charge in [0.05, 0.1) is 13.2 Å². The molecule has 0 spiro atoms. The highest BCUT2D eigenvalue weighted by atomic mass is 16.6. The predicted octanol–water partition coefficient (Wildman–Crippen LogP) is 0.693. The molecule has 0 saturated carbocycles. The molecule has 0 unspecified atom stereocenters. The van der Waals surface area contributed by atoms with Crippen LogP contribution in [0.2, 0.25) is 0 Å². The van der Waals surface area contributed by atoms with Crippen LogP contribution in [0.5, 0.6) is 0 Å². The first-order valence-electron chi connectivity index (χ1n) is 4.24. The Morgan fingerprint density at radius 3 is 2.55 bits per heavy atom. The van der Waals surface area contributed by atoms with Crippen molar-refractivity contribution in [3.63, 3.8) is 0 Å². The minimum absolute atomic E-state index is 0.225. The van der Waals surface area contributed by atoms with E-state index in [9.17, 15) is 4.79 Å². The highest BCUT2D eigenvalue weighted by molar-refractivity contribution is 5.75. The largest absolute Gasteiger partial charge is 0.377 e. The first-order valence-corrected chi connectivity index (χ1v) is 4.24. The summed E-state index contributed by atoms with van der Waals surface area (Å²) in [5.74, 6) is 0.225. The molecule has 2 fully saturated rings. The molecule has 2 aliphatic heterocycles. The molecule has 64 valence electrons. The van der Waals surface area contributed by atoms with Gasteiger partial charge in [0, 0.05) is 13.0 Å². The Hall–Kier alpha value is -0.570. The second-order valence-electron chi connectivity index (χ2n) is 2.77. The van der Waals surface area contributed by atoms with Crippen LogP contribution >= 0.6 is 0 Å². The summed E-state index contributed by atoms with van der Waals surface area (Å²) in [5, 5.41) is 2.81. The Labute approximate surface area is 67.1 Å². The number of epoxide rings is 1. The number of amides is 1. The van der Waals surface area contributed by atoms with Crippen LogP contribution in [0.3, 0.4) is 0 Å². The second kappa shape index (κ2) is 5.13. The second-order valence-corrected chi connectivity index (χ2v) is 2.77. The molecule has 1 N–H and O–H groups in total. The summed E-state index contributed by atoms with van der Waals surface area (Å²) < 4.78 is 4.50. The van der Waals surface area contributed by atoms with Gasteiger partial charge in [0.2, 0.25) is 5.91 Å². The van der Waals surface area contributed by atoms with Crippen molar-refractivity contribution in [2.24, 2.45) is 0 Å². The molecule has 0 radical (unpaired) electrons. The normalized spacial score (nSPS) is 22.4. The molecular formula is C8H15NO2. The van der Waals surface area contributed by atoms with Crippen LogP contribution in [0.1, 0.15) is 25.7 Å². The molecule has 2 rings (SSSR count). The quantitative estimate of drug-likeness (QED) is 0.526. The van der Waals surface area contributed by atoms with Crippen LogP contribution < -0.4 is 5.32 Å². The lowest BCUT2D eigenvalue weighted by atomic mass is 10.2. The molecule has 0 aromatic carbocycles. The number of rotatable bonds is 0. The molecule has 11 heavy (non-hydrogen) atoms. The van der Waals surface area contributed by atoms with E-state index in [-0.39, 0.29) is 5.91 Å². The third-order valence-electron chi connectivity index (χ3n) is 1.61. The van der Waals surface area contributed by atoms with Gasteiger partial charge in [0.15, 0.2) is 0 Å². The van der Waals surface area contributed by atoms with E-state index in [1.165, 1.54) is 6.42 Å². The number of hydrogen-bond donors (Lipinski definition) is 1. The summed E-state index contributed by atoms with van der Waals surface area (Å²) in [5.41, 5.74) is 0. The van der Waals surface area contributed by atoms with Gasteiger partial charge >= 0.3 is 0 Å². The van der Waals surface area contributed by atoms with Gasteiger partial charge in [-0.2, -0.15) is 0 Å². The lowest BCUT2D eigenvalue weighted by molar-refractivity contribution is -0.120. The third-order valence-corrected chi connectivity index (χ3v) is 1.61. The van der Waals surface area contributed by atoms with E-state index in [1.807, 2.05) is 0 Å². The van der Waals surface area contributed by atoms with Crippen molar-refractivity contribution in [1.29, 1.82) is 0 Å². The van der Waals surface area contributed by atoms with Crippen LogP contribution in [0, 0.1) is 0 Å². The maximum Gasteiger partial charge on any atom is 0.219 e. The van der Waals surface area contributed by atoms with E-state index >= 15 is 0 Å². The Morgan fingerprint density at radius 2 is 1.91 bits per heavy atom. The van der Waals surface area contributed by atoms with Gasteiger partial charge in [-0.15, -0.1) is 0 Å². The van der Waals surface area contributed by atoms with Gasteiger partial charge in [0.1, 0.15) is 0 Å². The predicted molar refractivity (Wildman–Crippen MR) is 42.3 cm³/mol. The molecule has 0 aliphatic carbocycles. The van der Waals surface area contributed by atoms with Gasteiger partial charge < -0.3 is 10.1 Å². The number of carbonyl (C=O) groups is 1. The van der Waals surface area contributed by atoms with E-state index in [2.05, 4.69) is 10.1 Å². The smallest absolute Gasteiger partial charge is 0.219 e. The van der Waals surface area contributed by atoms with Crippen molar-refractivity contribution in [2.75, 3.05) is 19.8 Å². The molecule has 0 aromatic heterocycles. The standard InChI is InChI=1S/C6H11NO.C2H4O/c8-6-4-2-1-3-5-7-6;1-2-3-1/h1-5H2,(H,7,8);1-2H2. The summed E-state index contributed by atoms with van der Waals surface area (Å²) in [7, 11) is 0. The van der Waals surface area contributed by atoms with E-state index in [1.54, 1.807) is 0 Å². The molecule has 3 heteroatoms. The van der Waals surface area contributed by atoms with Gasteiger partial charge in [0.25, 0.3) is 0 Å². The average Bonchev–Trinajstić information content (AvgIpc) is 2.76. The lowest BCUT2D eigenvalue weighted by Gasteiger charge is -1.93. The maximum atomic E-state index is 10.6. The molecular weight excluding hydrogens is 142 g/mol. The molecule has 2 heterocycles. The van der Waals surface area contributed by atoms with Gasteiger partial charge in [-0.1, -0.05) is 6.42 Å². The van der Waals surface area contributed by atoms with Crippen LogP contribution in [-0.4, -0.2) is 25.7 Å². The van der Waals surface area contributed by atoms with Crippen LogP contribution in [0.25, 0.3) is 0 Å². The molecule has 0 bridgehead atoms. The Balaban J connectivity index is 0.000000167. The monoisotopic (exact) mass is 157 g/mol. The van der Waals surface area contributed by atoms with E-state index < -0.39 is 0 Å². The highest BCUT2D eigenvalue weighted by Crippen LogP contribution is 2.02. The molecule has 0 aromatic rings. The zero-order valence-electron chi connectivity index (χ0n) is 6.77. The lowest BCUT2D eigenvalue weighted by Crippen LogP contribution is -2.21.